The van der Waals surface area contributed by atoms with Crippen LogP contribution in [0.15, 0.2) is 23.3 Å². The molecule has 172 valence electrons. The third kappa shape index (κ3) is 8.55. The summed E-state index contributed by atoms with van der Waals surface area (Å²) in [6, 6.07) is 4.62. The highest BCUT2D eigenvalue weighted by molar-refractivity contribution is 14.0. The maximum absolute atomic E-state index is 5.57. The summed E-state index contributed by atoms with van der Waals surface area (Å²) >= 11 is 0. The molecular formula is C22H41IN6O. The molecule has 1 aromatic rings. The fourth-order valence-corrected chi connectivity index (χ4v) is 3.85. The number of hydrogen-bond acceptors (Lipinski definition) is 5. The van der Waals surface area contributed by atoms with Gasteiger partial charge in [-0.1, -0.05) is 26.7 Å². The molecule has 8 heteroatoms. The predicted octanol–water partition coefficient (Wildman–Crippen LogP) is 2.96. The van der Waals surface area contributed by atoms with Crippen molar-refractivity contribution in [1.82, 2.24) is 20.5 Å². The highest BCUT2D eigenvalue weighted by Crippen LogP contribution is 2.19. The molecule has 30 heavy (non-hydrogen) atoms. The van der Waals surface area contributed by atoms with E-state index in [4.69, 9.17) is 9.73 Å². The number of nitrogens with one attached hydrogen (secondary N) is 2. The molecular weight excluding hydrogens is 491 g/mol. The van der Waals surface area contributed by atoms with Crippen LogP contribution < -0.4 is 15.5 Å². The average molecular weight is 533 g/mol. The van der Waals surface area contributed by atoms with E-state index in [9.17, 15) is 0 Å². The summed E-state index contributed by atoms with van der Waals surface area (Å²) in [5.74, 6) is 2.50. The van der Waals surface area contributed by atoms with E-state index < -0.39 is 0 Å². The standard InChI is InChI=1S/C22H40N6O.HI/c1-6-19(7-2)20(28-11-13-29-14-12-28)17-26-22(23-8-3)25-16-18-9-10-24-21(15-18)27(4)5;/h9-10,15,19-20H,6-8,11-14,16-17H2,1-5H3,(H2,23,25,26);1H. The number of nitrogens with zero attached hydrogens (tertiary/aromatic N) is 4. The van der Waals surface area contributed by atoms with Crippen LogP contribution in [0.3, 0.4) is 0 Å². The van der Waals surface area contributed by atoms with Gasteiger partial charge in [-0.25, -0.2) is 9.98 Å². The molecule has 0 aromatic carbocycles. The maximum Gasteiger partial charge on any atom is 0.191 e. The van der Waals surface area contributed by atoms with Gasteiger partial charge in [-0.05, 0) is 30.5 Å². The number of rotatable bonds is 10. The van der Waals surface area contributed by atoms with Crippen molar-refractivity contribution in [1.29, 1.82) is 0 Å². The van der Waals surface area contributed by atoms with Crippen molar-refractivity contribution in [2.45, 2.75) is 46.2 Å². The summed E-state index contributed by atoms with van der Waals surface area (Å²) in [4.78, 5) is 13.8. The summed E-state index contributed by atoms with van der Waals surface area (Å²) in [7, 11) is 4.01. The lowest BCUT2D eigenvalue weighted by Gasteiger charge is -2.39. The molecule has 1 aliphatic heterocycles. The van der Waals surface area contributed by atoms with Gasteiger partial charge in [-0.3, -0.25) is 4.90 Å². The van der Waals surface area contributed by atoms with Gasteiger partial charge in [0, 0.05) is 52.5 Å². The zero-order valence-corrected chi connectivity index (χ0v) is 21.7. The number of ether oxygens (including phenoxy) is 1. The van der Waals surface area contributed by atoms with Crippen molar-refractivity contribution in [3.63, 3.8) is 0 Å². The molecule has 0 aliphatic carbocycles. The van der Waals surface area contributed by atoms with E-state index >= 15 is 0 Å². The molecule has 7 nitrogen and oxygen atoms in total. The Hall–Kier alpha value is -1.13. The smallest absolute Gasteiger partial charge is 0.191 e. The minimum Gasteiger partial charge on any atom is -0.379 e. The van der Waals surface area contributed by atoms with Crippen LogP contribution in [-0.2, 0) is 11.3 Å². The number of anilines is 1. The Labute approximate surface area is 200 Å². The highest BCUT2D eigenvalue weighted by atomic mass is 127. The van der Waals surface area contributed by atoms with Gasteiger partial charge in [-0.15, -0.1) is 24.0 Å². The molecule has 1 fully saturated rings. The molecule has 0 amide bonds. The molecule has 2 rings (SSSR count). The van der Waals surface area contributed by atoms with E-state index in [1.54, 1.807) is 0 Å². The maximum atomic E-state index is 5.57. The summed E-state index contributed by atoms with van der Waals surface area (Å²) < 4.78 is 5.57. The van der Waals surface area contributed by atoms with E-state index in [-0.39, 0.29) is 24.0 Å². The van der Waals surface area contributed by atoms with Crippen molar-refractivity contribution in [3.8, 4) is 0 Å². The Morgan fingerprint density at radius 1 is 1.20 bits per heavy atom. The molecule has 0 saturated carbocycles. The Kier molecular flexibility index (Phi) is 13.3. The van der Waals surface area contributed by atoms with Gasteiger partial charge in [0.1, 0.15) is 5.82 Å². The topological polar surface area (TPSA) is 65.0 Å². The van der Waals surface area contributed by atoms with Crippen molar-refractivity contribution in [3.05, 3.63) is 23.9 Å². The van der Waals surface area contributed by atoms with Crippen LogP contribution in [0.5, 0.6) is 0 Å². The minimum atomic E-state index is 0. The summed E-state index contributed by atoms with van der Waals surface area (Å²) in [5, 5.41) is 7.00. The fraction of sp³-hybridized carbons (Fsp3) is 0.727. The molecule has 1 aliphatic rings. The van der Waals surface area contributed by atoms with Crippen LogP contribution in [0.1, 0.15) is 39.2 Å². The summed E-state index contributed by atoms with van der Waals surface area (Å²) in [6.45, 7) is 12.8. The Balaban J connectivity index is 0.00000450. The first-order valence-electron chi connectivity index (χ1n) is 11.0. The first-order valence-corrected chi connectivity index (χ1v) is 11.0. The number of morpholine rings is 1. The molecule has 0 bridgehead atoms. The lowest BCUT2D eigenvalue weighted by Crippen LogP contribution is -2.53. The van der Waals surface area contributed by atoms with Crippen molar-refractivity contribution in [2.75, 3.05) is 58.4 Å². The van der Waals surface area contributed by atoms with Crippen molar-refractivity contribution < 1.29 is 4.74 Å². The first kappa shape index (κ1) is 26.9. The van der Waals surface area contributed by atoms with Crippen LogP contribution in [-0.4, -0.2) is 75.4 Å². The van der Waals surface area contributed by atoms with Gasteiger partial charge in [0.05, 0.1) is 19.8 Å². The average Bonchev–Trinajstić information content (AvgIpc) is 2.75. The Morgan fingerprint density at radius 3 is 2.50 bits per heavy atom. The molecule has 2 N–H and O–H groups in total. The van der Waals surface area contributed by atoms with Gasteiger partial charge in [0.15, 0.2) is 5.96 Å². The molecule has 1 aromatic heterocycles. The molecule has 0 spiro atoms. The van der Waals surface area contributed by atoms with Crippen molar-refractivity contribution >= 4 is 35.8 Å². The van der Waals surface area contributed by atoms with Gasteiger partial charge >= 0.3 is 0 Å². The number of aromatic nitrogens is 1. The molecule has 2 heterocycles. The zero-order chi connectivity index (χ0) is 21.1. The number of aliphatic imine (C=N–C) groups is 1. The summed E-state index contributed by atoms with van der Waals surface area (Å²) in [5.41, 5.74) is 1.16. The van der Waals surface area contributed by atoms with Crippen LogP contribution >= 0.6 is 24.0 Å². The number of halogens is 1. The van der Waals surface area contributed by atoms with E-state index in [1.165, 1.54) is 12.8 Å². The Morgan fingerprint density at radius 2 is 1.90 bits per heavy atom. The number of hydrogen-bond donors (Lipinski definition) is 2. The van der Waals surface area contributed by atoms with E-state index in [0.717, 1.165) is 56.7 Å². The predicted molar refractivity (Wildman–Crippen MR) is 137 cm³/mol. The van der Waals surface area contributed by atoms with Crippen LogP contribution in [0.25, 0.3) is 0 Å². The van der Waals surface area contributed by atoms with E-state index in [1.807, 2.05) is 31.3 Å². The second-order valence-electron chi connectivity index (χ2n) is 7.79. The SMILES string of the molecule is CCNC(=NCc1ccnc(N(C)C)c1)NCC(C(CC)CC)N1CCOCC1.I. The second-order valence-corrected chi connectivity index (χ2v) is 7.79. The summed E-state index contributed by atoms with van der Waals surface area (Å²) in [6.07, 6.45) is 4.23. The van der Waals surface area contributed by atoms with Crippen LogP contribution in [0.4, 0.5) is 5.82 Å². The zero-order valence-electron chi connectivity index (χ0n) is 19.4. The van der Waals surface area contributed by atoms with Gasteiger partial charge in [0.2, 0.25) is 0 Å². The van der Waals surface area contributed by atoms with E-state index in [0.29, 0.717) is 18.5 Å². The lowest BCUT2D eigenvalue weighted by molar-refractivity contribution is 0.00272. The minimum absolute atomic E-state index is 0. The number of guanidine groups is 1. The van der Waals surface area contributed by atoms with Crippen LogP contribution in [0, 0.1) is 5.92 Å². The lowest BCUT2D eigenvalue weighted by atomic mass is 9.92. The highest BCUT2D eigenvalue weighted by Gasteiger charge is 2.27. The second kappa shape index (κ2) is 14.8. The van der Waals surface area contributed by atoms with E-state index in [2.05, 4.69) is 47.4 Å². The normalized spacial score (nSPS) is 16.1. The largest absolute Gasteiger partial charge is 0.379 e. The quantitative estimate of drug-likeness (QED) is 0.275. The van der Waals surface area contributed by atoms with Crippen LogP contribution in [0.2, 0.25) is 0 Å². The molecule has 0 radical (unpaired) electrons. The molecule has 1 atom stereocenters. The molecule has 1 saturated heterocycles. The number of pyridine rings is 1. The molecule has 1 unspecified atom stereocenters. The monoisotopic (exact) mass is 532 g/mol. The third-order valence-corrected chi connectivity index (χ3v) is 5.62. The van der Waals surface area contributed by atoms with Gasteiger partial charge in [0.25, 0.3) is 0 Å². The fourth-order valence-electron chi connectivity index (χ4n) is 3.85. The third-order valence-electron chi connectivity index (χ3n) is 5.62. The Bertz CT molecular complexity index is 617. The van der Waals surface area contributed by atoms with Crippen molar-refractivity contribution in [2.24, 2.45) is 10.9 Å². The van der Waals surface area contributed by atoms with Gasteiger partial charge in [-0.2, -0.15) is 0 Å². The first-order chi connectivity index (χ1) is 14.1. The van der Waals surface area contributed by atoms with Gasteiger partial charge < -0.3 is 20.3 Å².